The average molecular weight is 437 g/mol. The van der Waals surface area contributed by atoms with Crippen LogP contribution in [0, 0.1) is 5.82 Å². The van der Waals surface area contributed by atoms with Crippen molar-refractivity contribution in [3.63, 3.8) is 0 Å². The van der Waals surface area contributed by atoms with Crippen LogP contribution in [-0.2, 0) is 0 Å². The number of imide groups is 1. The molecule has 9 heteroatoms. The van der Waals surface area contributed by atoms with E-state index in [1.165, 1.54) is 36.1 Å². The fourth-order valence-corrected chi connectivity index (χ4v) is 3.84. The molecule has 0 atom stereocenters. The van der Waals surface area contributed by atoms with E-state index in [0.717, 1.165) is 4.90 Å². The van der Waals surface area contributed by atoms with Crippen LogP contribution in [0.4, 0.5) is 4.39 Å². The van der Waals surface area contributed by atoms with Crippen molar-refractivity contribution >= 4 is 34.4 Å². The van der Waals surface area contributed by atoms with Gasteiger partial charge < -0.3 is 4.74 Å². The standard InChI is InChI=1S/C22H14ClFN4O3/c1-27-21(29)14-10-25-20-18(17(14)22(27)30)19(11-3-6-13(31-2)7-4-11)26-28(20)16-8-5-12(23)9-15(16)24/h3-10H,1-2H3. The summed E-state index contributed by atoms with van der Waals surface area (Å²) < 4.78 is 21.3. The van der Waals surface area contributed by atoms with Gasteiger partial charge in [0.05, 0.1) is 23.6 Å². The molecule has 2 aromatic carbocycles. The highest BCUT2D eigenvalue weighted by molar-refractivity contribution is 6.30. The number of methoxy groups -OCH3 is 1. The van der Waals surface area contributed by atoms with Crippen LogP contribution in [0.3, 0.4) is 0 Å². The number of ether oxygens (including phenoxy) is 1. The number of nitrogens with zero attached hydrogens (tertiary/aromatic N) is 4. The summed E-state index contributed by atoms with van der Waals surface area (Å²) in [7, 11) is 2.96. The lowest BCUT2D eigenvalue weighted by Gasteiger charge is -2.05. The van der Waals surface area contributed by atoms with Gasteiger partial charge in [-0.3, -0.25) is 14.5 Å². The van der Waals surface area contributed by atoms with Gasteiger partial charge in [0, 0.05) is 23.8 Å². The highest BCUT2D eigenvalue weighted by Crippen LogP contribution is 2.37. The van der Waals surface area contributed by atoms with Crippen molar-refractivity contribution in [1.82, 2.24) is 19.7 Å². The number of hydrogen-bond donors (Lipinski definition) is 0. The van der Waals surface area contributed by atoms with Gasteiger partial charge in [-0.25, -0.2) is 14.1 Å². The van der Waals surface area contributed by atoms with E-state index in [2.05, 4.69) is 10.1 Å². The van der Waals surface area contributed by atoms with E-state index in [1.807, 2.05) is 0 Å². The summed E-state index contributed by atoms with van der Waals surface area (Å²) in [5, 5.41) is 5.20. The second-order valence-electron chi connectivity index (χ2n) is 7.00. The summed E-state index contributed by atoms with van der Waals surface area (Å²) in [6.45, 7) is 0. The van der Waals surface area contributed by atoms with E-state index in [4.69, 9.17) is 16.3 Å². The molecule has 7 nitrogen and oxygen atoms in total. The highest BCUT2D eigenvalue weighted by Gasteiger charge is 2.37. The number of rotatable bonds is 3. The first-order valence-electron chi connectivity index (χ1n) is 9.24. The van der Waals surface area contributed by atoms with E-state index >= 15 is 0 Å². The predicted octanol–water partition coefficient (Wildman–Crippen LogP) is 4.11. The summed E-state index contributed by atoms with van der Waals surface area (Å²) in [4.78, 5) is 30.8. The van der Waals surface area contributed by atoms with Crippen molar-refractivity contribution < 1.29 is 18.7 Å². The molecule has 5 rings (SSSR count). The van der Waals surface area contributed by atoms with Gasteiger partial charge in [0.25, 0.3) is 11.8 Å². The largest absolute Gasteiger partial charge is 0.497 e. The molecule has 1 aliphatic rings. The SMILES string of the molecule is COc1ccc(-c2nn(-c3ccc(Cl)cc3F)c3ncc4c(c23)C(=O)N(C)C4=O)cc1. The lowest BCUT2D eigenvalue weighted by Crippen LogP contribution is -2.24. The summed E-state index contributed by atoms with van der Waals surface area (Å²) in [6.07, 6.45) is 1.32. The molecule has 0 N–H and O–H groups in total. The second kappa shape index (κ2) is 6.88. The molecular weight excluding hydrogens is 423 g/mol. The van der Waals surface area contributed by atoms with Gasteiger partial charge in [-0.2, -0.15) is 5.10 Å². The first-order valence-corrected chi connectivity index (χ1v) is 9.62. The van der Waals surface area contributed by atoms with Gasteiger partial charge in [0.15, 0.2) is 5.65 Å². The topological polar surface area (TPSA) is 77.3 Å². The fourth-order valence-electron chi connectivity index (χ4n) is 3.68. The van der Waals surface area contributed by atoms with Crippen LogP contribution < -0.4 is 4.74 Å². The van der Waals surface area contributed by atoms with Crippen LogP contribution in [0.15, 0.2) is 48.7 Å². The molecule has 0 fully saturated rings. The Bertz CT molecular complexity index is 1400. The number of carbonyl (C=O) groups excluding carboxylic acids is 2. The highest BCUT2D eigenvalue weighted by atomic mass is 35.5. The van der Waals surface area contributed by atoms with Gasteiger partial charge >= 0.3 is 0 Å². The zero-order valence-electron chi connectivity index (χ0n) is 16.4. The molecule has 0 spiro atoms. The van der Waals surface area contributed by atoms with E-state index in [0.29, 0.717) is 22.4 Å². The molecule has 3 heterocycles. The number of benzene rings is 2. The summed E-state index contributed by atoms with van der Waals surface area (Å²) in [6, 6.07) is 11.2. The van der Waals surface area contributed by atoms with E-state index in [1.54, 1.807) is 31.4 Å². The van der Waals surface area contributed by atoms with Crippen LogP contribution in [0.5, 0.6) is 5.75 Å². The molecular formula is C22H14ClFN4O3. The molecule has 2 aromatic heterocycles. The van der Waals surface area contributed by atoms with E-state index in [9.17, 15) is 14.0 Å². The molecule has 0 radical (unpaired) electrons. The minimum absolute atomic E-state index is 0.117. The Labute approximate surface area is 180 Å². The van der Waals surface area contributed by atoms with Crippen molar-refractivity contribution in [1.29, 1.82) is 0 Å². The maximum absolute atomic E-state index is 14.7. The summed E-state index contributed by atoms with van der Waals surface area (Å²) in [5.74, 6) is -0.857. The maximum Gasteiger partial charge on any atom is 0.262 e. The number of hydrogen-bond acceptors (Lipinski definition) is 5. The molecule has 0 unspecified atom stereocenters. The molecule has 4 aromatic rings. The van der Waals surface area contributed by atoms with E-state index < -0.39 is 17.6 Å². The third kappa shape index (κ3) is 2.79. The van der Waals surface area contributed by atoms with Crippen LogP contribution in [0.25, 0.3) is 28.0 Å². The molecule has 1 aliphatic heterocycles. The van der Waals surface area contributed by atoms with Gasteiger partial charge in [0.2, 0.25) is 0 Å². The Balaban J connectivity index is 1.87. The monoisotopic (exact) mass is 436 g/mol. The Kier molecular flexibility index (Phi) is 4.26. The molecule has 154 valence electrons. The number of amides is 2. The Hall–Kier alpha value is -3.78. The summed E-state index contributed by atoms with van der Waals surface area (Å²) >= 11 is 5.90. The van der Waals surface area contributed by atoms with Crippen LogP contribution >= 0.6 is 11.6 Å². The number of aromatic nitrogens is 3. The van der Waals surface area contributed by atoms with E-state index in [-0.39, 0.29) is 27.5 Å². The Morgan fingerprint density at radius 2 is 1.81 bits per heavy atom. The number of pyridine rings is 1. The summed E-state index contributed by atoms with van der Waals surface area (Å²) in [5.41, 5.74) is 1.81. The van der Waals surface area contributed by atoms with Crippen LogP contribution in [-0.4, -0.2) is 45.6 Å². The van der Waals surface area contributed by atoms with Crippen molar-refractivity contribution in [3.8, 4) is 22.7 Å². The van der Waals surface area contributed by atoms with Gasteiger partial charge in [-0.05, 0) is 42.5 Å². The van der Waals surface area contributed by atoms with Crippen LogP contribution in [0.1, 0.15) is 20.7 Å². The van der Waals surface area contributed by atoms with Gasteiger partial charge in [0.1, 0.15) is 22.9 Å². The zero-order valence-corrected chi connectivity index (χ0v) is 17.1. The number of fused-ring (bicyclic) bond motifs is 3. The first kappa shape index (κ1) is 19.2. The fraction of sp³-hybridized carbons (Fsp3) is 0.0909. The normalized spacial score (nSPS) is 13.2. The molecule has 0 aliphatic carbocycles. The number of carbonyl (C=O) groups is 2. The third-order valence-electron chi connectivity index (χ3n) is 5.25. The van der Waals surface area contributed by atoms with Gasteiger partial charge in [-0.15, -0.1) is 0 Å². The molecule has 31 heavy (non-hydrogen) atoms. The molecule has 2 amide bonds. The lowest BCUT2D eigenvalue weighted by molar-refractivity contribution is 0.0693. The molecule has 0 bridgehead atoms. The molecule has 0 saturated heterocycles. The van der Waals surface area contributed by atoms with Crippen LogP contribution in [0.2, 0.25) is 5.02 Å². The minimum atomic E-state index is -0.597. The average Bonchev–Trinajstić information content (AvgIpc) is 3.25. The minimum Gasteiger partial charge on any atom is -0.497 e. The van der Waals surface area contributed by atoms with Gasteiger partial charge in [-0.1, -0.05) is 11.6 Å². The quantitative estimate of drug-likeness (QED) is 0.451. The second-order valence-corrected chi connectivity index (χ2v) is 7.44. The predicted molar refractivity (Wildman–Crippen MR) is 112 cm³/mol. The zero-order chi connectivity index (χ0) is 21.9. The maximum atomic E-state index is 14.7. The number of halogens is 2. The Morgan fingerprint density at radius 3 is 2.48 bits per heavy atom. The smallest absolute Gasteiger partial charge is 0.262 e. The third-order valence-corrected chi connectivity index (χ3v) is 5.49. The molecule has 0 saturated carbocycles. The Morgan fingerprint density at radius 1 is 1.06 bits per heavy atom. The van der Waals surface area contributed by atoms with Crippen molar-refractivity contribution in [2.45, 2.75) is 0 Å². The van der Waals surface area contributed by atoms with Crippen molar-refractivity contribution in [2.24, 2.45) is 0 Å². The first-order chi connectivity index (χ1) is 14.9. The van der Waals surface area contributed by atoms with Crippen molar-refractivity contribution in [2.75, 3.05) is 14.2 Å². The lowest BCUT2D eigenvalue weighted by atomic mass is 10.0. The van der Waals surface area contributed by atoms with Crippen molar-refractivity contribution in [3.05, 3.63) is 70.6 Å².